The molecule has 0 N–H and O–H groups in total. The van der Waals surface area contributed by atoms with Crippen LogP contribution in [0.5, 0.6) is 0 Å². The van der Waals surface area contributed by atoms with Gasteiger partial charge >= 0.3 is 0 Å². The largest absolute Gasteiger partial charge is 0.207 e. The van der Waals surface area contributed by atoms with Crippen LogP contribution in [-0.2, 0) is 0 Å². The highest BCUT2D eigenvalue weighted by Crippen LogP contribution is 2.28. The fraction of sp³-hybridized carbons (Fsp3) is 0.143. The van der Waals surface area contributed by atoms with E-state index in [0.717, 1.165) is 0 Å². The van der Waals surface area contributed by atoms with Crippen molar-refractivity contribution in [3.63, 3.8) is 0 Å². The second-order valence-corrected chi connectivity index (χ2v) is 4.63. The molecule has 0 aliphatic heterocycles. The van der Waals surface area contributed by atoms with E-state index in [1.54, 1.807) is 12.1 Å². The zero-order valence-electron chi connectivity index (χ0n) is 9.98. The normalized spacial score (nSPS) is 9.67. The Morgan fingerprint density at radius 1 is 1.00 bits per heavy atom. The van der Waals surface area contributed by atoms with Crippen LogP contribution in [0.25, 0.3) is 11.1 Å². The number of hydrogen-bond acceptors (Lipinski definition) is 0. The highest BCUT2D eigenvalue weighted by atomic mass is 79.9. The highest BCUT2D eigenvalue weighted by Gasteiger charge is 2.07. The summed E-state index contributed by atoms with van der Waals surface area (Å²) in [5.74, 6) is -0.902. The van der Waals surface area contributed by atoms with Crippen LogP contribution in [0, 0.1) is 11.6 Å². The van der Waals surface area contributed by atoms with Gasteiger partial charge in [0, 0.05) is 15.1 Å². The fourth-order valence-electron chi connectivity index (χ4n) is 1.43. The Kier molecular flexibility index (Phi) is 5.76. The van der Waals surface area contributed by atoms with Crippen molar-refractivity contribution in [3.8, 4) is 11.1 Å². The van der Waals surface area contributed by atoms with Crippen LogP contribution in [0.2, 0.25) is 5.02 Å². The lowest BCUT2D eigenvalue weighted by atomic mass is 10.1. The van der Waals surface area contributed by atoms with E-state index in [-0.39, 0.29) is 5.02 Å². The molecule has 18 heavy (non-hydrogen) atoms. The molecule has 0 nitrogen and oxygen atoms in total. The zero-order valence-corrected chi connectivity index (χ0v) is 12.3. The molecule has 0 aliphatic rings. The van der Waals surface area contributed by atoms with E-state index in [4.69, 9.17) is 11.6 Å². The first-order valence-corrected chi connectivity index (χ1v) is 6.65. The predicted octanol–water partition coefficient (Wildman–Crippen LogP) is 6.07. The van der Waals surface area contributed by atoms with Gasteiger partial charge in [-0.3, -0.25) is 0 Å². The maximum absolute atomic E-state index is 13.6. The Balaban J connectivity index is 0.000000771. The number of benzene rings is 2. The monoisotopic (exact) mass is 332 g/mol. The lowest BCUT2D eigenvalue weighted by molar-refractivity contribution is 0.624. The molecule has 0 atom stereocenters. The van der Waals surface area contributed by atoms with Gasteiger partial charge in [0.2, 0.25) is 0 Å². The van der Waals surface area contributed by atoms with Gasteiger partial charge in [-0.2, -0.15) is 0 Å². The van der Waals surface area contributed by atoms with Crippen molar-refractivity contribution in [1.29, 1.82) is 0 Å². The van der Waals surface area contributed by atoms with Crippen molar-refractivity contribution in [2.75, 3.05) is 0 Å². The summed E-state index contributed by atoms with van der Waals surface area (Å²) in [6.45, 7) is 4.00. The first kappa shape index (κ1) is 15.1. The first-order chi connectivity index (χ1) is 8.56. The van der Waals surface area contributed by atoms with E-state index in [0.29, 0.717) is 15.6 Å². The van der Waals surface area contributed by atoms with Crippen molar-refractivity contribution < 1.29 is 8.78 Å². The third-order valence-electron chi connectivity index (χ3n) is 2.10. The van der Waals surface area contributed by atoms with Gasteiger partial charge in [-0.25, -0.2) is 8.78 Å². The predicted molar refractivity (Wildman–Crippen MR) is 75.9 cm³/mol. The van der Waals surface area contributed by atoms with Crippen LogP contribution < -0.4 is 0 Å². The summed E-state index contributed by atoms with van der Waals surface area (Å²) in [7, 11) is 0. The van der Waals surface area contributed by atoms with Crippen LogP contribution in [0.3, 0.4) is 0 Å². The summed E-state index contributed by atoms with van der Waals surface area (Å²) in [5, 5.41) is 0.248. The van der Waals surface area contributed by atoms with Crippen molar-refractivity contribution in [1.82, 2.24) is 0 Å². The van der Waals surface area contributed by atoms with E-state index >= 15 is 0 Å². The van der Waals surface area contributed by atoms with Crippen LogP contribution in [0.4, 0.5) is 8.78 Å². The molecule has 0 bridgehead atoms. The standard InChI is InChI=1S/C12H6BrClF2.C2H6/c13-8-1-2-11(12(16)5-8)7-3-9(14)6-10(15)4-7;1-2/h1-6H;1-2H3. The Morgan fingerprint density at radius 3 is 2.22 bits per heavy atom. The van der Waals surface area contributed by atoms with Gasteiger partial charge in [-0.1, -0.05) is 47.4 Å². The number of hydrogen-bond donors (Lipinski definition) is 0. The Hall–Kier alpha value is -0.930. The molecular weight excluding hydrogens is 322 g/mol. The van der Waals surface area contributed by atoms with Gasteiger partial charge in [0.05, 0.1) is 0 Å². The Morgan fingerprint density at radius 2 is 1.67 bits per heavy atom. The van der Waals surface area contributed by atoms with Gasteiger partial charge in [-0.05, 0) is 35.9 Å². The molecule has 0 aromatic heterocycles. The molecule has 0 fully saturated rings. The first-order valence-electron chi connectivity index (χ1n) is 5.48. The molecule has 0 heterocycles. The van der Waals surface area contributed by atoms with Crippen LogP contribution in [0.1, 0.15) is 13.8 Å². The fourth-order valence-corrected chi connectivity index (χ4v) is 1.99. The van der Waals surface area contributed by atoms with E-state index in [1.165, 1.54) is 24.3 Å². The number of rotatable bonds is 1. The quantitative estimate of drug-likeness (QED) is 0.594. The number of halogens is 4. The minimum Gasteiger partial charge on any atom is -0.207 e. The summed E-state index contributed by atoms with van der Waals surface area (Å²) in [6.07, 6.45) is 0. The summed E-state index contributed by atoms with van der Waals surface area (Å²) in [5.41, 5.74) is 0.750. The summed E-state index contributed by atoms with van der Waals surface area (Å²) in [4.78, 5) is 0. The van der Waals surface area contributed by atoms with Crippen LogP contribution in [0.15, 0.2) is 40.9 Å². The van der Waals surface area contributed by atoms with Crippen molar-refractivity contribution in [3.05, 3.63) is 57.5 Å². The molecule has 0 amide bonds. The molecule has 2 aromatic carbocycles. The molecule has 0 radical (unpaired) electrons. The van der Waals surface area contributed by atoms with Gasteiger partial charge in [-0.15, -0.1) is 0 Å². The second kappa shape index (κ2) is 6.86. The maximum atomic E-state index is 13.6. The minimum atomic E-state index is -0.482. The molecule has 0 saturated carbocycles. The minimum absolute atomic E-state index is 0.248. The lowest BCUT2D eigenvalue weighted by Crippen LogP contribution is -1.86. The highest BCUT2D eigenvalue weighted by molar-refractivity contribution is 9.10. The molecule has 0 unspecified atom stereocenters. The molecule has 96 valence electrons. The molecule has 0 aliphatic carbocycles. The summed E-state index contributed by atoms with van der Waals surface area (Å²) in [6, 6.07) is 8.55. The smallest absolute Gasteiger partial charge is 0.132 e. The van der Waals surface area contributed by atoms with E-state index in [2.05, 4.69) is 15.9 Å². The van der Waals surface area contributed by atoms with Crippen LogP contribution in [-0.4, -0.2) is 0 Å². The summed E-state index contributed by atoms with van der Waals surface area (Å²) < 4.78 is 27.3. The van der Waals surface area contributed by atoms with Gasteiger partial charge in [0.1, 0.15) is 11.6 Å². The topological polar surface area (TPSA) is 0 Å². The Labute approximate surface area is 119 Å². The average Bonchev–Trinajstić information content (AvgIpc) is 2.30. The van der Waals surface area contributed by atoms with Gasteiger partial charge < -0.3 is 0 Å². The second-order valence-electron chi connectivity index (χ2n) is 3.28. The van der Waals surface area contributed by atoms with Crippen molar-refractivity contribution in [2.24, 2.45) is 0 Å². The lowest BCUT2D eigenvalue weighted by Gasteiger charge is -2.05. The molecule has 4 heteroatoms. The third kappa shape index (κ3) is 3.79. The molecule has 0 spiro atoms. The zero-order chi connectivity index (χ0) is 13.7. The molecule has 2 rings (SSSR count). The van der Waals surface area contributed by atoms with E-state index < -0.39 is 11.6 Å². The van der Waals surface area contributed by atoms with Crippen molar-refractivity contribution in [2.45, 2.75) is 13.8 Å². The SMILES string of the molecule is CC.Fc1cc(Cl)cc(-c2ccc(Br)cc2F)c1. The van der Waals surface area contributed by atoms with E-state index in [9.17, 15) is 8.78 Å². The summed E-state index contributed by atoms with van der Waals surface area (Å²) >= 11 is 8.87. The van der Waals surface area contributed by atoms with Gasteiger partial charge in [0.25, 0.3) is 0 Å². The maximum Gasteiger partial charge on any atom is 0.132 e. The van der Waals surface area contributed by atoms with Gasteiger partial charge in [0.15, 0.2) is 0 Å². The molecule has 2 aromatic rings. The van der Waals surface area contributed by atoms with E-state index in [1.807, 2.05) is 13.8 Å². The van der Waals surface area contributed by atoms with Crippen molar-refractivity contribution >= 4 is 27.5 Å². The Bertz CT molecular complexity index is 521. The molecule has 0 saturated heterocycles. The van der Waals surface area contributed by atoms with Crippen LogP contribution >= 0.6 is 27.5 Å². The third-order valence-corrected chi connectivity index (χ3v) is 2.82. The average molecular weight is 334 g/mol. The molecular formula is C14H12BrClF2.